The van der Waals surface area contributed by atoms with Crippen LogP contribution in [0.2, 0.25) is 0 Å². The molecule has 0 saturated heterocycles. The van der Waals surface area contributed by atoms with Gasteiger partial charge >= 0.3 is 0 Å². The molecule has 0 radical (unpaired) electrons. The average molecular weight is 631 g/mol. The van der Waals surface area contributed by atoms with Gasteiger partial charge in [0, 0.05) is 41.3 Å². The second-order valence-corrected chi connectivity index (χ2v) is 13.9. The summed E-state index contributed by atoms with van der Waals surface area (Å²) in [6.45, 7) is 7.32. The van der Waals surface area contributed by atoms with E-state index in [0.29, 0.717) is 36.4 Å². The van der Waals surface area contributed by atoms with E-state index in [2.05, 4.69) is 26.8 Å². The number of methoxy groups -OCH3 is 1. The maximum absolute atomic E-state index is 11.8. The van der Waals surface area contributed by atoms with E-state index >= 15 is 0 Å². The third-order valence-electron chi connectivity index (χ3n) is 10.4. The second-order valence-electron chi connectivity index (χ2n) is 13.9. The van der Waals surface area contributed by atoms with E-state index < -0.39 is 12.2 Å². The van der Waals surface area contributed by atoms with E-state index in [1.54, 1.807) is 13.2 Å². The lowest BCUT2D eigenvalue weighted by Crippen LogP contribution is -2.33. The number of rotatable bonds is 11. The molecule has 4 N–H and O–H groups in total. The molecule has 3 aromatic rings. The summed E-state index contributed by atoms with van der Waals surface area (Å²) >= 11 is 0. The third kappa shape index (κ3) is 6.16. The first kappa shape index (κ1) is 32.5. The number of phenolic OH excluding ortho intramolecular Hbond substituents is 2. The van der Waals surface area contributed by atoms with Crippen molar-refractivity contribution in [3.63, 3.8) is 0 Å². The SMILES string of the molecule is CC[C@H](CCCO)CC[C@H]1Cc2cc(O)c(CC(C)C)cc2-c2c(OC)cc3c(c21)C[C@@H](O)[C@H](c1ccc(O)c2c1CCCO2)O3. The van der Waals surface area contributed by atoms with Gasteiger partial charge in [-0.2, -0.15) is 0 Å². The van der Waals surface area contributed by atoms with Crippen molar-refractivity contribution in [1.29, 1.82) is 0 Å². The van der Waals surface area contributed by atoms with Gasteiger partial charge in [0.1, 0.15) is 17.2 Å². The molecule has 0 amide bonds. The fraction of sp³-hybridized carbons (Fsp3) is 0.538. The molecule has 1 aliphatic carbocycles. The van der Waals surface area contributed by atoms with E-state index in [4.69, 9.17) is 14.2 Å². The summed E-state index contributed by atoms with van der Waals surface area (Å²) in [5, 5.41) is 42.8. The highest BCUT2D eigenvalue weighted by Crippen LogP contribution is 2.54. The van der Waals surface area contributed by atoms with Crippen LogP contribution in [0.5, 0.6) is 28.7 Å². The number of hydrogen-bond donors (Lipinski definition) is 4. The van der Waals surface area contributed by atoms with E-state index in [1.165, 1.54) is 5.56 Å². The Morgan fingerprint density at radius 3 is 2.59 bits per heavy atom. The topological polar surface area (TPSA) is 109 Å². The molecular formula is C39H50O7. The lowest BCUT2D eigenvalue weighted by molar-refractivity contribution is 0.0193. The minimum Gasteiger partial charge on any atom is -0.508 e. The zero-order chi connectivity index (χ0) is 32.5. The van der Waals surface area contributed by atoms with Crippen molar-refractivity contribution >= 4 is 0 Å². The lowest BCUT2D eigenvalue weighted by Gasteiger charge is -2.38. The van der Waals surface area contributed by atoms with Crippen molar-refractivity contribution in [2.24, 2.45) is 11.8 Å². The average Bonchev–Trinajstić information content (AvgIpc) is 3.05. The highest BCUT2D eigenvalue weighted by atomic mass is 16.5. The molecule has 0 spiro atoms. The molecule has 46 heavy (non-hydrogen) atoms. The number of aliphatic hydroxyl groups excluding tert-OH is 2. The summed E-state index contributed by atoms with van der Waals surface area (Å²) in [5.74, 6) is 3.51. The standard InChI is InChI=1S/C39H50O7/c1-5-23(8-6-14-40)10-11-24-17-25-19-32(42)26(16-22(2)3)18-29(25)37-35(44-4)21-34-30(36(24)37)20-33(43)39(46-34)28-12-13-31(41)38-27(28)9-7-15-45-38/h12-13,18-19,21-24,33,39-43H,5-11,14-17,20H2,1-4H3/t23-,24+,33-,39+/m1/s1. The molecule has 0 bridgehead atoms. The smallest absolute Gasteiger partial charge is 0.164 e. The molecule has 248 valence electrons. The van der Waals surface area contributed by atoms with Crippen LogP contribution in [0.4, 0.5) is 0 Å². The van der Waals surface area contributed by atoms with Gasteiger partial charge in [-0.15, -0.1) is 0 Å². The summed E-state index contributed by atoms with van der Waals surface area (Å²) in [4.78, 5) is 0. The third-order valence-corrected chi connectivity index (χ3v) is 10.4. The van der Waals surface area contributed by atoms with Gasteiger partial charge in [0.15, 0.2) is 17.6 Å². The van der Waals surface area contributed by atoms with Crippen LogP contribution in [0.25, 0.3) is 11.1 Å². The summed E-state index contributed by atoms with van der Waals surface area (Å²) < 4.78 is 18.7. The molecule has 7 nitrogen and oxygen atoms in total. The number of fused-ring (bicyclic) bond motifs is 6. The van der Waals surface area contributed by atoms with Crippen LogP contribution in [0.1, 0.15) is 105 Å². The minimum absolute atomic E-state index is 0.119. The molecule has 2 heterocycles. The number of aromatic hydroxyl groups is 2. The lowest BCUT2D eigenvalue weighted by atomic mass is 9.71. The molecule has 0 fully saturated rings. The van der Waals surface area contributed by atoms with Gasteiger partial charge in [-0.3, -0.25) is 0 Å². The number of phenols is 2. The Kier molecular flexibility index (Phi) is 9.72. The van der Waals surface area contributed by atoms with Gasteiger partial charge in [0.05, 0.1) is 19.8 Å². The molecular weight excluding hydrogens is 580 g/mol. The zero-order valence-corrected chi connectivity index (χ0v) is 27.8. The Labute approximate surface area is 273 Å². The first-order valence-electron chi connectivity index (χ1n) is 17.3. The Balaban J connectivity index is 1.46. The van der Waals surface area contributed by atoms with Gasteiger partial charge in [0.25, 0.3) is 0 Å². The largest absolute Gasteiger partial charge is 0.508 e. The number of aliphatic hydroxyl groups is 2. The van der Waals surface area contributed by atoms with E-state index in [-0.39, 0.29) is 18.3 Å². The number of ether oxygens (including phenoxy) is 3. The molecule has 0 aromatic heterocycles. The van der Waals surface area contributed by atoms with Crippen molar-refractivity contribution < 1.29 is 34.6 Å². The molecule has 7 heteroatoms. The Hall–Kier alpha value is -3.42. The first-order valence-corrected chi connectivity index (χ1v) is 17.3. The molecule has 4 atom stereocenters. The molecule has 6 rings (SSSR count). The zero-order valence-electron chi connectivity index (χ0n) is 27.8. The monoisotopic (exact) mass is 630 g/mol. The Morgan fingerprint density at radius 1 is 1.02 bits per heavy atom. The Morgan fingerprint density at radius 2 is 1.85 bits per heavy atom. The fourth-order valence-electron chi connectivity index (χ4n) is 8.11. The van der Waals surface area contributed by atoms with E-state index in [1.807, 2.05) is 18.2 Å². The van der Waals surface area contributed by atoms with Crippen LogP contribution in [-0.2, 0) is 25.7 Å². The van der Waals surface area contributed by atoms with E-state index in [9.17, 15) is 20.4 Å². The van der Waals surface area contributed by atoms with Gasteiger partial charge in [-0.25, -0.2) is 0 Å². The highest BCUT2D eigenvalue weighted by Gasteiger charge is 2.39. The molecule has 2 aliphatic heterocycles. The molecule has 3 aliphatic rings. The summed E-state index contributed by atoms with van der Waals surface area (Å²) in [6, 6.07) is 9.58. The summed E-state index contributed by atoms with van der Waals surface area (Å²) in [7, 11) is 1.70. The van der Waals surface area contributed by atoms with Gasteiger partial charge in [-0.1, -0.05) is 33.3 Å². The predicted octanol–water partition coefficient (Wildman–Crippen LogP) is 7.55. The van der Waals surface area contributed by atoms with Crippen molar-refractivity contribution in [1.82, 2.24) is 0 Å². The van der Waals surface area contributed by atoms with Crippen molar-refractivity contribution in [3.8, 4) is 39.9 Å². The molecule has 0 unspecified atom stereocenters. The molecule has 0 saturated carbocycles. The van der Waals surface area contributed by atoms with Crippen LogP contribution in [0.15, 0.2) is 30.3 Å². The Bertz CT molecular complexity index is 1560. The van der Waals surface area contributed by atoms with Crippen LogP contribution in [0, 0.1) is 11.8 Å². The van der Waals surface area contributed by atoms with Crippen LogP contribution < -0.4 is 14.2 Å². The fourth-order valence-corrected chi connectivity index (χ4v) is 8.11. The molecule has 3 aromatic carbocycles. The number of benzene rings is 3. The van der Waals surface area contributed by atoms with Crippen molar-refractivity contribution in [3.05, 3.63) is 63.7 Å². The van der Waals surface area contributed by atoms with Crippen molar-refractivity contribution in [2.45, 2.75) is 103 Å². The van der Waals surface area contributed by atoms with Crippen LogP contribution in [-0.4, -0.2) is 46.9 Å². The maximum Gasteiger partial charge on any atom is 0.164 e. The summed E-state index contributed by atoms with van der Waals surface area (Å²) in [5.41, 5.74) is 8.17. The normalized spacial score (nSPS) is 20.5. The predicted molar refractivity (Wildman–Crippen MR) is 179 cm³/mol. The highest BCUT2D eigenvalue weighted by molar-refractivity contribution is 5.83. The summed E-state index contributed by atoms with van der Waals surface area (Å²) in [6.07, 6.45) is 7.08. The second kappa shape index (κ2) is 13.7. The van der Waals surface area contributed by atoms with Crippen LogP contribution >= 0.6 is 0 Å². The van der Waals surface area contributed by atoms with Gasteiger partial charge in [-0.05, 0) is 110 Å². The maximum atomic E-state index is 11.8. The van der Waals surface area contributed by atoms with Crippen LogP contribution in [0.3, 0.4) is 0 Å². The minimum atomic E-state index is -0.785. The van der Waals surface area contributed by atoms with Gasteiger partial charge in [0.2, 0.25) is 0 Å². The van der Waals surface area contributed by atoms with E-state index in [0.717, 1.165) is 108 Å². The van der Waals surface area contributed by atoms with Gasteiger partial charge < -0.3 is 34.6 Å². The van der Waals surface area contributed by atoms with Crippen molar-refractivity contribution in [2.75, 3.05) is 20.3 Å². The first-order chi connectivity index (χ1) is 22.2. The quantitative estimate of drug-likeness (QED) is 0.173. The number of hydrogen-bond acceptors (Lipinski definition) is 7.